The van der Waals surface area contributed by atoms with Crippen molar-refractivity contribution >= 4 is 17.4 Å². The molecule has 0 unspecified atom stereocenters. The van der Waals surface area contributed by atoms with Crippen LogP contribution >= 0.6 is 12.2 Å². The summed E-state index contributed by atoms with van der Waals surface area (Å²) < 4.78 is 5.89. The van der Waals surface area contributed by atoms with Gasteiger partial charge in [-0.2, -0.15) is 0 Å². The van der Waals surface area contributed by atoms with E-state index in [1.165, 1.54) is 29.5 Å². The molecule has 0 amide bonds. The van der Waals surface area contributed by atoms with Gasteiger partial charge >= 0.3 is 0 Å². The fourth-order valence-corrected chi connectivity index (χ4v) is 4.23. The van der Waals surface area contributed by atoms with Gasteiger partial charge in [0.15, 0.2) is 0 Å². The van der Waals surface area contributed by atoms with Crippen molar-refractivity contribution < 1.29 is 4.74 Å². The zero-order valence-electron chi connectivity index (χ0n) is 17.5. The summed E-state index contributed by atoms with van der Waals surface area (Å²) in [5.74, 6) is 1.47. The molecule has 0 heterocycles. The molecule has 4 heteroatoms. The molecule has 2 aromatic rings. The topological polar surface area (TPSA) is 15.7 Å². The summed E-state index contributed by atoms with van der Waals surface area (Å²) in [5.41, 5.74) is 4.07. The lowest BCUT2D eigenvalue weighted by Gasteiger charge is -2.35. The van der Waals surface area contributed by atoms with Gasteiger partial charge in [-0.1, -0.05) is 42.0 Å². The molecule has 0 spiro atoms. The first-order valence-corrected chi connectivity index (χ1v) is 10.6. The molecule has 3 rings (SSSR count). The minimum Gasteiger partial charge on any atom is -0.432 e. The number of ether oxygens (including phenoxy) is 1. The van der Waals surface area contributed by atoms with E-state index in [1.54, 1.807) is 0 Å². The van der Waals surface area contributed by atoms with Gasteiger partial charge < -0.3 is 14.5 Å². The average Bonchev–Trinajstić information content (AvgIpc) is 2.69. The Morgan fingerprint density at radius 3 is 2.11 bits per heavy atom. The van der Waals surface area contributed by atoms with Gasteiger partial charge in [-0.3, -0.25) is 0 Å². The number of rotatable bonds is 5. The Balaban J connectivity index is 1.51. The van der Waals surface area contributed by atoms with E-state index in [1.807, 2.05) is 24.3 Å². The molecular formula is C24H32N2OS. The Labute approximate surface area is 175 Å². The van der Waals surface area contributed by atoms with Gasteiger partial charge in [0.2, 0.25) is 0 Å². The van der Waals surface area contributed by atoms with Crippen LogP contribution in [-0.4, -0.2) is 42.2 Å². The summed E-state index contributed by atoms with van der Waals surface area (Å²) in [4.78, 5) is 4.35. The minimum absolute atomic E-state index is 0.460. The van der Waals surface area contributed by atoms with Crippen molar-refractivity contribution in [3.05, 3.63) is 65.2 Å². The third kappa shape index (κ3) is 5.55. The van der Waals surface area contributed by atoms with Crippen LogP contribution in [0.2, 0.25) is 0 Å². The predicted molar refractivity (Wildman–Crippen MR) is 121 cm³/mol. The molecule has 0 aliphatic heterocycles. The second kappa shape index (κ2) is 9.53. The highest BCUT2D eigenvalue weighted by molar-refractivity contribution is 7.80. The molecule has 2 aromatic carbocycles. The van der Waals surface area contributed by atoms with E-state index in [0.717, 1.165) is 25.1 Å². The molecule has 0 saturated heterocycles. The van der Waals surface area contributed by atoms with E-state index in [0.29, 0.717) is 17.1 Å². The van der Waals surface area contributed by atoms with Crippen LogP contribution in [0.4, 0.5) is 0 Å². The molecule has 1 aliphatic carbocycles. The van der Waals surface area contributed by atoms with E-state index in [9.17, 15) is 0 Å². The molecule has 0 aromatic heterocycles. The number of hydrogen-bond donors (Lipinski definition) is 0. The van der Waals surface area contributed by atoms with Crippen LogP contribution in [0.25, 0.3) is 0 Å². The normalized spacial score (nSPS) is 19.5. The maximum Gasteiger partial charge on any atom is 0.264 e. The van der Waals surface area contributed by atoms with E-state index >= 15 is 0 Å². The second-order valence-electron chi connectivity index (χ2n) is 8.28. The summed E-state index contributed by atoms with van der Waals surface area (Å²) in [6.45, 7) is 3.07. The van der Waals surface area contributed by atoms with Gasteiger partial charge in [-0.05, 0) is 88.1 Å². The van der Waals surface area contributed by atoms with Crippen LogP contribution in [0.5, 0.6) is 5.75 Å². The molecule has 0 radical (unpaired) electrons. The fourth-order valence-electron chi connectivity index (χ4n) is 3.99. The second-order valence-corrected chi connectivity index (χ2v) is 8.63. The Hall–Kier alpha value is -1.91. The van der Waals surface area contributed by atoms with Crippen molar-refractivity contribution in [1.29, 1.82) is 0 Å². The molecule has 1 aliphatic rings. The number of aryl methyl sites for hydroxylation is 1. The van der Waals surface area contributed by atoms with Crippen LogP contribution in [0.3, 0.4) is 0 Å². The van der Waals surface area contributed by atoms with Crippen LogP contribution < -0.4 is 4.74 Å². The van der Waals surface area contributed by atoms with E-state index in [-0.39, 0.29) is 0 Å². The summed E-state index contributed by atoms with van der Waals surface area (Å²) in [6, 6.07) is 17.7. The monoisotopic (exact) mass is 396 g/mol. The molecule has 0 atom stereocenters. The predicted octanol–water partition coefficient (Wildman–Crippen LogP) is 5.38. The fraction of sp³-hybridized carbons (Fsp3) is 0.458. The first-order valence-electron chi connectivity index (χ1n) is 10.2. The first-order chi connectivity index (χ1) is 13.4. The molecule has 28 heavy (non-hydrogen) atoms. The maximum absolute atomic E-state index is 5.89. The number of thiocarbonyl (C=S) groups is 1. The Morgan fingerprint density at radius 1 is 0.929 bits per heavy atom. The van der Waals surface area contributed by atoms with Gasteiger partial charge in [0, 0.05) is 19.6 Å². The maximum atomic E-state index is 5.89. The van der Waals surface area contributed by atoms with Gasteiger partial charge in [0.1, 0.15) is 5.75 Å². The Bertz CT molecular complexity index is 762. The summed E-state index contributed by atoms with van der Waals surface area (Å²) in [7, 11) is 6.29. The number of nitrogens with zero attached hydrogens (tertiary/aromatic N) is 2. The zero-order chi connectivity index (χ0) is 20.1. The van der Waals surface area contributed by atoms with E-state index < -0.39 is 0 Å². The lowest BCUT2D eigenvalue weighted by Crippen LogP contribution is -2.40. The summed E-state index contributed by atoms with van der Waals surface area (Å²) in [5, 5.41) is 0.570. The van der Waals surface area contributed by atoms with Crippen molar-refractivity contribution in [3.8, 4) is 5.75 Å². The zero-order valence-corrected chi connectivity index (χ0v) is 18.3. The quantitative estimate of drug-likeness (QED) is 0.630. The smallest absolute Gasteiger partial charge is 0.264 e. The van der Waals surface area contributed by atoms with E-state index in [4.69, 9.17) is 17.0 Å². The van der Waals surface area contributed by atoms with Crippen molar-refractivity contribution in [2.45, 2.75) is 51.1 Å². The summed E-state index contributed by atoms with van der Waals surface area (Å²) >= 11 is 5.54. The van der Waals surface area contributed by atoms with Crippen molar-refractivity contribution in [3.63, 3.8) is 0 Å². The summed E-state index contributed by atoms with van der Waals surface area (Å²) in [6.07, 6.45) is 4.71. The molecule has 1 saturated carbocycles. The highest BCUT2D eigenvalue weighted by Crippen LogP contribution is 2.35. The van der Waals surface area contributed by atoms with Crippen LogP contribution in [0.1, 0.15) is 48.3 Å². The Kier molecular flexibility index (Phi) is 7.08. The van der Waals surface area contributed by atoms with Crippen LogP contribution in [-0.2, 0) is 6.54 Å². The van der Waals surface area contributed by atoms with E-state index in [2.05, 4.69) is 62.1 Å². The van der Waals surface area contributed by atoms with Crippen molar-refractivity contribution in [2.75, 3.05) is 21.1 Å². The largest absolute Gasteiger partial charge is 0.432 e. The average molecular weight is 397 g/mol. The third-order valence-electron chi connectivity index (χ3n) is 5.71. The molecule has 0 N–H and O–H groups in total. The first kappa shape index (κ1) is 20.8. The lowest BCUT2D eigenvalue weighted by atomic mass is 9.81. The number of benzene rings is 2. The van der Waals surface area contributed by atoms with Crippen molar-refractivity contribution in [1.82, 2.24) is 9.80 Å². The van der Waals surface area contributed by atoms with Gasteiger partial charge in [0.25, 0.3) is 5.17 Å². The standard InChI is InChI=1S/C24H32N2OS/c1-18-5-15-23(16-6-18)27-24(28)26(4)22-13-11-21(12-14-22)20-9-7-19(8-10-20)17-25(2)3/h5-10,15-16,21-22H,11-14,17H2,1-4H3. The highest BCUT2D eigenvalue weighted by atomic mass is 32.1. The molecule has 1 fully saturated rings. The molecule has 3 nitrogen and oxygen atoms in total. The third-order valence-corrected chi connectivity index (χ3v) is 6.08. The van der Waals surface area contributed by atoms with Gasteiger partial charge in [-0.15, -0.1) is 0 Å². The van der Waals surface area contributed by atoms with Crippen molar-refractivity contribution in [2.24, 2.45) is 0 Å². The SMILES string of the molecule is Cc1ccc(OC(=S)N(C)C2CCC(c3ccc(CN(C)C)cc3)CC2)cc1. The molecular weight excluding hydrogens is 364 g/mol. The Morgan fingerprint density at radius 2 is 1.54 bits per heavy atom. The molecule has 150 valence electrons. The highest BCUT2D eigenvalue weighted by Gasteiger charge is 2.26. The lowest BCUT2D eigenvalue weighted by molar-refractivity contribution is 0.239. The van der Waals surface area contributed by atoms with Gasteiger partial charge in [0.05, 0.1) is 0 Å². The number of hydrogen-bond acceptors (Lipinski definition) is 3. The van der Waals surface area contributed by atoms with Gasteiger partial charge in [-0.25, -0.2) is 0 Å². The van der Waals surface area contributed by atoms with Crippen LogP contribution in [0, 0.1) is 6.92 Å². The van der Waals surface area contributed by atoms with Crippen LogP contribution in [0.15, 0.2) is 48.5 Å². The minimum atomic E-state index is 0.460. The molecule has 0 bridgehead atoms.